The van der Waals surface area contributed by atoms with Crippen molar-refractivity contribution < 1.29 is 24.9 Å². The number of hydrogen-bond acceptors (Lipinski definition) is 5. The second-order valence-electron chi connectivity index (χ2n) is 5.12. The maximum atomic E-state index is 11.8. The average Bonchev–Trinajstić information content (AvgIpc) is 2.59. The Hall–Kier alpha value is -2.99. The van der Waals surface area contributed by atoms with Crippen LogP contribution in [0.2, 0.25) is 0 Å². The molecular formula is C18H19NO5. The Morgan fingerprint density at radius 3 is 2.58 bits per heavy atom. The van der Waals surface area contributed by atoms with Crippen LogP contribution in [0.25, 0.3) is 6.08 Å². The molecular weight excluding hydrogens is 310 g/mol. The van der Waals surface area contributed by atoms with Crippen LogP contribution in [0.15, 0.2) is 48.5 Å². The fourth-order valence-corrected chi connectivity index (χ4v) is 2.04. The first-order chi connectivity index (χ1) is 11.5. The lowest BCUT2D eigenvalue weighted by atomic mass is 10.1. The number of aliphatic hydroxyl groups excluding tert-OH is 1. The van der Waals surface area contributed by atoms with Gasteiger partial charge in [0.05, 0.1) is 13.2 Å². The lowest BCUT2D eigenvalue weighted by molar-refractivity contribution is -0.116. The molecule has 24 heavy (non-hydrogen) atoms. The summed E-state index contributed by atoms with van der Waals surface area (Å²) in [6.07, 6.45) is 2.04. The molecule has 0 aromatic heterocycles. The highest BCUT2D eigenvalue weighted by molar-refractivity contribution is 5.91. The van der Waals surface area contributed by atoms with Gasteiger partial charge in [-0.25, -0.2) is 0 Å². The number of carbonyl (C=O) groups is 1. The number of aliphatic hydroxyl groups is 1. The highest BCUT2D eigenvalue weighted by Gasteiger charge is 2.08. The molecule has 0 spiro atoms. The molecule has 2 aromatic rings. The van der Waals surface area contributed by atoms with Crippen molar-refractivity contribution in [2.45, 2.75) is 6.10 Å². The third-order valence-electron chi connectivity index (χ3n) is 3.38. The molecule has 0 aliphatic carbocycles. The van der Waals surface area contributed by atoms with Gasteiger partial charge in [0.1, 0.15) is 5.75 Å². The van der Waals surface area contributed by atoms with E-state index < -0.39 is 6.10 Å². The van der Waals surface area contributed by atoms with Gasteiger partial charge in [-0.15, -0.1) is 0 Å². The van der Waals surface area contributed by atoms with Crippen molar-refractivity contribution in [3.63, 3.8) is 0 Å². The number of hydrogen-bond donors (Lipinski definition) is 4. The first-order valence-electron chi connectivity index (χ1n) is 7.29. The van der Waals surface area contributed by atoms with E-state index in [9.17, 15) is 20.1 Å². The molecule has 2 aromatic carbocycles. The van der Waals surface area contributed by atoms with Gasteiger partial charge in [0, 0.05) is 12.6 Å². The van der Waals surface area contributed by atoms with E-state index in [4.69, 9.17) is 4.74 Å². The van der Waals surface area contributed by atoms with Gasteiger partial charge < -0.3 is 25.4 Å². The number of phenols is 2. The van der Waals surface area contributed by atoms with Crippen LogP contribution in [0.3, 0.4) is 0 Å². The molecule has 6 heteroatoms. The zero-order chi connectivity index (χ0) is 17.5. The van der Waals surface area contributed by atoms with E-state index in [0.29, 0.717) is 16.9 Å². The van der Waals surface area contributed by atoms with Crippen molar-refractivity contribution in [1.29, 1.82) is 0 Å². The Labute approximate surface area is 139 Å². The molecule has 0 unspecified atom stereocenters. The number of aromatic hydroxyl groups is 2. The number of methoxy groups -OCH3 is 1. The van der Waals surface area contributed by atoms with Crippen LogP contribution in [0.4, 0.5) is 0 Å². The number of ether oxygens (including phenoxy) is 1. The molecule has 0 fully saturated rings. The van der Waals surface area contributed by atoms with E-state index in [2.05, 4.69) is 5.32 Å². The maximum absolute atomic E-state index is 11.8. The first kappa shape index (κ1) is 17.4. The minimum Gasteiger partial charge on any atom is -0.508 e. The van der Waals surface area contributed by atoms with Gasteiger partial charge in [-0.05, 0) is 41.5 Å². The smallest absolute Gasteiger partial charge is 0.244 e. The fraction of sp³-hybridized carbons (Fsp3) is 0.167. The highest BCUT2D eigenvalue weighted by atomic mass is 16.5. The van der Waals surface area contributed by atoms with Crippen LogP contribution < -0.4 is 10.1 Å². The molecule has 0 saturated carbocycles. The van der Waals surface area contributed by atoms with Gasteiger partial charge in [0.25, 0.3) is 0 Å². The minimum atomic E-state index is -0.864. The summed E-state index contributed by atoms with van der Waals surface area (Å²) < 4.78 is 4.99. The fourth-order valence-electron chi connectivity index (χ4n) is 2.04. The third kappa shape index (κ3) is 4.76. The topological polar surface area (TPSA) is 99.0 Å². The largest absolute Gasteiger partial charge is 0.508 e. The molecule has 0 heterocycles. The molecule has 0 aliphatic rings. The number of nitrogens with one attached hydrogen (secondary N) is 1. The molecule has 0 aliphatic heterocycles. The van der Waals surface area contributed by atoms with E-state index in [0.717, 1.165) is 0 Å². The summed E-state index contributed by atoms with van der Waals surface area (Å²) in [7, 11) is 1.44. The molecule has 2 rings (SSSR count). The Kier molecular flexibility index (Phi) is 5.81. The van der Waals surface area contributed by atoms with Gasteiger partial charge >= 0.3 is 0 Å². The standard InChI is InChI=1S/C18H19NO5/c1-24-17-10-12(2-8-15(17)21)3-9-18(23)19-11-16(22)13-4-6-14(20)7-5-13/h2-10,16,20-22H,11H2,1H3,(H,19,23)/t16-/m1/s1. The summed E-state index contributed by atoms with van der Waals surface area (Å²) in [6.45, 7) is 0.0485. The van der Waals surface area contributed by atoms with Crippen molar-refractivity contribution in [3.8, 4) is 17.2 Å². The van der Waals surface area contributed by atoms with Gasteiger partial charge in [-0.3, -0.25) is 4.79 Å². The molecule has 1 amide bonds. The Balaban J connectivity index is 1.89. The summed E-state index contributed by atoms with van der Waals surface area (Å²) in [5, 5.41) is 31.3. The van der Waals surface area contributed by atoms with Crippen molar-refractivity contribution >= 4 is 12.0 Å². The van der Waals surface area contributed by atoms with Gasteiger partial charge in [0.2, 0.25) is 5.91 Å². The number of amides is 1. The third-order valence-corrected chi connectivity index (χ3v) is 3.38. The second-order valence-corrected chi connectivity index (χ2v) is 5.12. The molecule has 6 nitrogen and oxygen atoms in total. The summed E-state index contributed by atoms with van der Waals surface area (Å²) >= 11 is 0. The van der Waals surface area contributed by atoms with Crippen LogP contribution >= 0.6 is 0 Å². The summed E-state index contributed by atoms with van der Waals surface area (Å²) in [5.41, 5.74) is 1.29. The number of phenolic OH excluding ortho intramolecular Hbond substituents is 2. The Morgan fingerprint density at radius 2 is 1.92 bits per heavy atom. The van der Waals surface area contributed by atoms with Crippen molar-refractivity contribution in [2.75, 3.05) is 13.7 Å². The molecule has 4 N–H and O–H groups in total. The van der Waals surface area contributed by atoms with Crippen LogP contribution in [0.1, 0.15) is 17.2 Å². The van der Waals surface area contributed by atoms with Crippen molar-refractivity contribution in [1.82, 2.24) is 5.32 Å². The number of rotatable bonds is 6. The summed E-state index contributed by atoms with van der Waals surface area (Å²) in [6, 6.07) is 10.8. The van der Waals surface area contributed by atoms with Crippen LogP contribution in [-0.4, -0.2) is 34.9 Å². The van der Waals surface area contributed by atoms with Gasteiger partial charge in [-0.1, -0.05) is 18.2 Å². The monoisotopic (exact) mass is 329 g/mol. The lowest BCUT2D eigenvalue weighted by Gasteiger charge is -2.11. The van der Waals surface area contributed by atoms with E-state index in [1.54, 1.807) is 30.3 Å². The number of carbonyl (C=O) groups excluding carboxylic acids is 1. The van der Waals surface area contributed by atoms with Crippen LogP contribution in [-0.2, 0) is 4.79 Å². The van der Waals surface area contributed by atoms with Gasteiger partial charge in [0.15, 0.2) is 11.5 Å². The molecule has 126 valence electrons. The molecule has 0 radical (unpaired) electrons. The zero-order valence-electron chi connectivity index (χ0n) is 13.1. The average molecular weight is 329 g/mol. The minimum absolute atomic E-state index is 0.0242. The normalized spacial score (nSPS) is 12.1. The summed E-state index contributed by atoms with van der Waals surface area (Å²) in [4.78, 5) is 11.8. The quantitative estimate of drug-likeness (QED) is 0.607. The van der Waals surface area contributed by atoms with Crippen LogP contribution in [0.5, 0.6) is 17.2 Å². The highest BCUT2D eigenvalue weighted by Crippen LogP contribution is 2.26. The van der Waals surface area contributed by atoms with Crippen molar-refractivity contribution in [2.24, 2.45) is 0 Å². The Morgan fingerprint density at radius 1 is 1.21 bits per heavy atom. The molecule has 1 atom stereocenters. The first-order valence-corrected chi connectivity index (χ1v) is 7.29. The van der Waals surface area contributed by atoms with Crippen molar-refractivity contribution in [3.05, 3.63) is 59.7 Å². The summed E-state index contributed by atoms with van der Waals surface area (Å²) in [5.74, 6) is 0.0959. The zero-order valence-corrected chi connectivity index (χ0v) is 13.1. The van der Waals surface area contributed by atoms with E-state index in [1.165, 1.54) is 31.4 Å². The number of benzene rings is 2. The van der Waals surface area contributed by atoms with E-state index >= 15 is 0 Å². The SMILES string of the molecule is COc1cc(C=CC(=O)NC[C@@H](O)c2ccc(O)cc2)ccc1O. The maximum Gasteiger partial charge on any atom is 0.244 e. The Bertz CT molecular complexity index is 725. The predicted octanol–water partition coefficient (Wildman–Crippen LogP) is 1.97. The lowest BCUT2D eigenvalue weighted by Crippen LogP contribution is -2.26. The van der Waals surface area contributed by atoms with E-state index in [1.807, 2.05) is 0 Å². The second kappa shape index (κ2) is 8.03. The molecule has 0 bridgehead atoms. The van der Waals surface area contributed by atoms with Crippen LogP contribution in [0, 0.1) is 0 Å². The van der Waals surface area contributed by atoms with Gasteiger partial charge in [-0.2, -0.15) is 0 Å². The molecule has 0 saturated heterocycles. The van der Waals surface area contributed by atoms with E-state index in [-0.39, 0.29) is 24.0 Å². The predicted molar refractivity (Wildman–Crippen MR) is 89.8 cm³/mol.